The molecule has 5 heteroatoms. The average Bonchev–Trinajstić information content (AvgIpc) is 2.97. The molecule has 1 atom stereocenters. The van der Waals surface area contributed by atoms with Crippen LogP contribution in [0.4, 0.5) is 5.69 Å². The fraction of sp³-hybridized carbons (Fsp3) is 0.176. The minimum Gasteiger partial charge on any atom is -0.366 e. The number of thioether (sulfide) groups is 1. The molecule has 0 radical (unpaired) electrons. The quantitative estimate of drug-likeness (QED) is 0.947. The Balaban J connectivity index is 1.74. The van der Waals surface area contributed by atoms with Crippen LogP contribution in [0.25, 0.3) is 0 Å². The van der Waals surface area contributed by atoms with Gasteiger partial charge in [-0.25, -0.2) is 0 Å². The van der Waals surface area contributed by atoms with Crippen LogP contribution < -0.4 is 10.6 Å². The monoisotopic (exact) mass is 312 g/mol. The van der Waals surface area contributed by atoms with E-state index in [9.17, 15) is 9.59 Å². The molecule has 2 aromatic rings. The van der Waals surface area contributed by atoms with Gasteiger partial charge < -0.3 is 10.6 Å². The predicted molar refractivity (Wildman–Crippen MR) is 88.2 cm³/mol. The number of primary amides is 1. The molecule has 1 aliphatic heterocycles. The van der Waals surface area contributed by atoms with Crippen molar-refractivity contribution in [3.05, 3.63) is 59.7 Å². The Morgan fingerprint density at radius 2 is 1.82 bits per heavy atom. The van der Waals surface area contributed by atoms with Crippen LogP contribution in [0, 0.1) is 0 Å². The van der Waals surface area contributed by atoms with Gasteiger partial charge in [-0.05, 0) is 42.3 Å². The van der Waals surface area contributed by atoms with Crippen LogP contribution in [-0.2, 0) is 11.2 Å². The van der Waals surface area contributed by atoms with Crippen molar-refractivity contribution in [1.82, 2.24) is 0 Å². The summed E-state index contributed by atoms with van der Waals surface area (Å²) in [6, 6.07) is 14.9. The summed E-state index contributed by atoms with van der Waals surface area (Å²) in [6.07, 6.45) is 0.753. The van der Waals surface area contributed by atoms with Gasteiger partial charge in [0, 0.05) is 23.2 Å². The van der Waals surface area contributed by atoms with Gasteiger partial charge in [-0.1, -0.05) is 18.2 Å². The first kappa shape index (κ1) is 14.7. The molecule has 0 saturated carbocycles. The molecule has 22 heavy (non-hydrogen) atoms. The Labute approximate surface area is 133 Å². The Morgan fingerprint density at radius 3 is 2.45 bits per heavy atom. The third-order valence-electron chi connectivity index (χ3n) is 3.79. The summed E-state index contributed by atoms with van der Waals surface area (Å²) >= 11 is 1.61. The molecule has 1 heterocycles. The van der Waals surface area contributed by atoms with Gasteiger partial charge in [-0.2, -0.15) is 0 Å². The summed E-state index contributed by atoms with van der Waals surface area (Å²) in [5.74, 6) is -0.407. The van der Waals surface area contributed by atoms with E-state index in [0.29, 0.717) is 5.56 Å². The number of amides is 2. The highest BCUT2D eigenvalue weighted by molar-refractivity contribution is 8.01. The summed E-state index contributed by atoms with van der Waals surface area (Å²) in [4.78, 5) is 26.5. The normalized spacial score (nSPS) is 16.1. The van der Waals surface area contributed by atoms with Crippen LogP contribution >= 0.6 is 11.8 Å². The molecule has 2 N–H and O–H groups in total. The highest BCUT2D eigenvalue weighted by Gasteiger charge is 2.30. The minimum atomic E-state index is -0.470. The average molecular weight is 312 g/mol. The number of benzene rings is 2. The van der Waals surface area contributed by atoms with Crippen LogP contribution in [0.15, 0.2) is 53.4 Å². The van der Waals surface area contributed by atoms with E-state index in [-0.39, 0.29) is 11.2 Å². The molecule has 0 spiro atoms. The summed E-state index contributed by atoms with van der Waals surface area (Å²) in [6.45, 7) is 0. The second-order valence-electron chi connectivity index (χ2n) is 5.23. The molecular weight excluding hydrogens is 296 g/mol. The predicted octanol–water partition coefficient (Wildman–Crippen LogP) is 2.47. The Hall–Kier alpha value is -2.27. The lowest BCUT2D eigenvalue weighted by molar-refractivity contribution is -0.117. The van der Waals surface area contributed by atoms with E-state index in [2.05, 4.69) is 12.1 Å². The zero-order chi connectivity index (χ0) is 15.7. The number of hydrogen-bond acceptors (Lipinski definition) is 3. The van der Waals surface area contributed by atoms with E-state index in [1.807, 2.05) is 12.1 Å². The standard InChI is InChI=1S/C17H16N2O2S/c1-19(13-8-6-11(7-9-13)16(18)20)17(21)15-10-12-4-2-3-5-14(12)22-15/h2-9,15H,10H2,1H3,(H2,18,20)/t15-/m0/s1. The van der Waals surface area contributed by atoms with Crippen LogP contribution in [-0.4, -0.2) is 24.1 Å². The maximum atomic E-state index is 12.6. The number of nitrogens with two attached hydrogens (primary N) is 1. The molecule has 0 bridgehead atoms. The Morgan fingerprint density at radius 1 is 1.14 bits per heavy atom. The van der Waals surface area contributed by atoms with Crippen molar-refractivity contribution < 1.29 is 9.59 Å². The van der Waals surface area contributed by atoms with E-state index >= 15 is 0 Å². The molecule has 2 amide bonds. The van der Waals surface area contributed by atoms with E-state index in [1.165, 1.54) is 10.5 Å². The molecule has 3 rings (SSSR count). The summed E-state index contributed by atoms with van der Waals surface area (Å²) in [7, 11) is 1.76. The lowest BCUT2D eigenvalue weighted by Gasteiger charge is -2.20. The molecule has 0 saturated heterocycles. The van der Waals surface area contributed by atoms with Gasteiger partial charge in [-0.15, -0.1) is 11.8 Å². The van der Waals surface area contributed by atoms with Gasteiger partial charge in [0.1, 0.15) is 0 Å². The number of hydrogen-bond donors (Lipinski definition) is 1. The number of nitrogens with zero attached hydrogens (tertiary/aromatic N) is 1. The maximum absolute atomic E-state index is 12.6. The van der Waals surface area contributed by atoms with Gasteiger partial charge in [0.25, 0.3) is 0 Å². The first-order valence-corrected chi connectivity index (χ1v) is 7.86. The third kappa shape index (κ3) is 2.72. The van der Waals surface area contributed by atoms with Crippen molar-refractivity contribution in [3.63, 3.8) is 0 Å². The van der Waals surface area contributed by atoms with Crippen molar-refractivity contribution >= 4 is 29.3 Å². The van der Waals surface area contributed by atoms with Crippen molar-refractivity contribution in [2.45, 2.75) is 16.6 Å². The number of fused-ring (bicyclic) bond motifs is 1. The van der Waals surface area contributed by atoms with Gasteiger partial charge >= 0.3 is 0 Å². The summed E-state index contributed by atoms with van der Waals surface area (Å²) < 4.78 is 0. The maximum Gasteiger partial charge on any atom is 0.248 e. The molecule has 1 aliphatic rings. The second kappa shape index (κ2) is 5.85. The van der Waals surface area contributed by atoms with Crippen molar-refractivity contribution in [1.29, 1.82) is 0 Å². The first-order valence-electron chi connectivity index (χ1n) is 6.98. The SMILES string of the molecule is CN(C(=O)[C@@H]1Cc2ccccc2S1)c1ccc(C(N)=O)cc1. The smallest absolute Gasteiger partial charge is 0.248 e. The number of anilines is 1. The fourth-order valence-corrected chi connectivity index (χ4v) is 3.80. The topological polar surface area (TPSA) is 63.4 Å². The minimum absolute atomic E-state index is 0.0630. The lowest BCUT2D eigenvalue weighted by Crippen LogP contribution is -2.34. The zero-order valence-electron chi connectivity index (χ0n) is 12.2. The number of carbonyl (C=O) groups excluding carboxylic acids is 2. The Bertz CT molecular complexity index is 703. The molecule has 4 nitrogen and oxygen atoms in total. The van der Waals surface area contributed by atoms with E-state index in [0.717, 1.165) is 12.1 Å². The summed E-state index contributed by atoms with van der Waals surface area (Å²) in [5.41, 5.74) is 7.64. The molecule has 2 aromatic carbocycles. The van der Waals surface area contributed by atoms with E-state index in [4.69, 9.17) is 5.73 Å². The third-order valence-corrected chi connectivity index (χ3v) is 5.10. The fourth-order valence-electron chi connectivity index (χ4n) is 2.51. The molecule has 0 aromatic heterocycles. The van der Waals surface area contributed by atoms with Crippen LogP contribution in [0.2, 0.25) is 0 Å². The van der Waals surface area contributed by atoms with Crippen molar-refractivity contribution in [2.75, 3.05) is 11.9 Å². The molecule has 112 valence electrons. The van der Waals surface area contributed by atoms with Crippen LogP contribution in [0.3, 0.4) is 0 Å². The molecule has 0 aliphatic carbocycles. The zero-order valence-corrected chi connectivity index (χ0v) is 13.0. The number of carbonyl (C=O) groups is 2. The van der Waals surface area contributed by atoms with Gasteiger partial charge in [0.2, 0.25) is 11.8 Å². The Kier molecular flexibility index (Phi) is 3.90. The number of rotatable bonds is 3. The highest BCUT2D eigenvalue weighted by atomic mass is 32.2. The van der Waals surface area contributed by atoms with E-state index < -0.39 is 5.91 Å². The largest absolute Gasteiger partial charge is 0.366 e. The summed E-state index contributed by atoms with van der Waals surface area (Å²) in [5, 5.41) is -0.0989. The van der Waals surface area contributed by atoms with Crippen molar-refractivity contribution in [3.8, 4) is 0 Å². The van der Waals surface area contributed by atoms with Gasteiger partial charge in [0.15, 0.2) is 0 Å². The molecule has 0 unspecified atom stereocenters. The van der Waals surface area contributed by atoms with Gasteiger partial charge in [0.05, 0.1) is 5.25 Å². The van der Waals surface area contributed by atoms with Crippen LogP contribution in [0.5, 0.6) is 0 Å². The second-order valence-corrected chi connectivity index (χ2v) is 6.47. The molecule has 0 fully saturated rings. The van der Waals surface area contributed by atoms with Crippen molar-refractivity contribution in [2.24, 2.45) is 5.73 Å². The lowest BCUT2D eigenvalue weighted by atomic mass is 10.1. The van der Waals surface area contributed by atoms with Gasteiger partial charge in [-0.3, -0.25) is 9.59 Å². The highest BCUT2D eigenvalue weighted by Crippen LogP contribution is 2.37. The van der Waals surface area contributed by atoms with Crippen LogP contribution in [0.1, 0.15) is 15.9 Å². The van der Waals surface area contributed by atoms with E-state index in [1.54, 1.807) is 48.0 Å². The first-order chi connectivity index (χ1) is 10.6. The molecular formula is C17H16N2O2S.